The third-order valence-electron chi connectivity index (χ3n) is 3.40. The van der Waals surface area contributed by atoms with Gasteiger partial charge in [-0.2, -0.15) is 4.98 Å². The number of halogens is 1. The van der Waals surface area contributed by atoms with Gasteiger partial charge in [0.25, 0.3) is 0 Å². The summed E-state index contributed by atoms with van der Waals surface area (Å²) in [5, 5.41) is 3.86. The maximum Gasteiger partial charge on any atom is 0.237 e. The van der Waals surface area contributed by atoms with E-state index in [0.717, 1.165) is 19.3 Å². The van der Waals surface area contributed by atoms with Gasteiger partial charge in [0.15, 0.2) is 0 Å². The van der Waals surface area contributed by atoms with Crippen LogP contribution in [0.25, 0.3) is 11.4 Å². The van der Waals surface area contributed by atoms with Crippen LogP contribution in [0.5, 0.6) is 0 Å². The van der Waals surface area contributed by atoms with E-state index in [1.165, 1.54) is 12.1 Å². The number of ketones is 1. The smallest absolute Gasteiger partial charge is 0.237 e. The fourth-order valence-corrected chi connectivity index (χ4v) is 2.34. The minimum atomic E-state index is -0.310. The van der Waals surface area contributed by atoms with Crippen molar-refractivity contribution in [3.8, 4) is 11.4 Å². The Balaban J connectivity index is 1.86. The third-order valence-corrected chi connectivity index (χ3v) is 3.40. The first-order valence-electron chi connectivity index (χ1n) is 6.36. The minimum Gasteiger partial charge on any atom is -0.338 e. The lowest BCUT2D eigenvalue weighted by molar-refractivity contribution is -0.122. The molecule has 0 aliphatic heterocycles. The molecule has 0 amide bonds. The summed E-state index contributed by atoms with van der Waals surface area (Å²) in [5.74, 6) is 0.364. The highest BCUT2D eigenvalue weighted by atomic mass is 19.1. The van der Waals surface area contributed by atoms with E-state index in [1.54, 1.807) is 12.1 Å². The molecule has 0 saturated heterocycles. The molecule has 0 bridgehead atoms. The first-order chi connectivity index (χ1) is 9.24. The summed E-state index contributed by atoms with van der Waals surface area (Å²) in [6.45, 7) is 0. The Bertz CT molecular complexity index is 592. The van der Waals surface area contributed by atoms with Crippen molar-refractivity contribution >= 4 is 5.78 Å². The number of carbonyl (C=O) groups is 1. The lowest BCUT2D eigenvalue weighted by atomic mass is 9.88. The van der Waals surface area contributed by atoms with E-state index in [0.29, 0.717) is 23.7 Å². The molecule has 0 N–H and O–H groups in total. The predicted molar refractivity (Wildman–Crippen MR) is 65.9 cm³/mol. The molecule has 5 heteroatoms. The number of hydrogen-bond acceptors (Lipinski definition) is 4. The zero-order chi connectivity index (χ0) is 13.2. The van der Waals surface area contributed by atoms with Gasteiger partial charge in [0.1, 0.15) is 11.6 Å². The monoisotopic (exact) mass is 260 g/mol. The first-order valence-corrected chi connectivity index (χ1v) is 6.36. The van der Waals surface area contributed by atoms with Crippen molar-refractivity contribution in [2.75, 3.05) is 0 Å². The van der Waals surface area contributed by atoms with Crippen LogP contribution in [0.1, 0.15) is 37.5 Å². The Kier molecular flexibility index (Phi) is 3.11. The van der Waals surface area contributed by atoms with Gasteiger partial charge in [0, 0.05) is 12.0 Å². The van der Waals surface area contributed by atoms with Crippen LogP contribution in [-0.4, -0.2) is 15.9 Å². The largest absolute Gasteiger partial charge is 0.338 e. The summed E-state index contributed by atoms with van der Waals surface area (Å²) in [7, 11) is 0. The number of hydrogen-bond donors (Lipinski definition) is 0. The molecule has 19 heavy (non-hydrogen) atoms. The average Bonchev–Trinajstić information content (AvgIpc) is 2.89. The van der Waals surface area contributed by atoms with Crippen molar-refractivity contribution in [2.24, 2.45) is 0 Å². The van der Waals surface area contributed by atoms with E-state index in [1.807, 2.05) is 0 Å². The molecule has 98 valence electrons. The van der Waals surface area contributed by atoms with E-state index in [-0.39, 0.29) is 17.5 Å². The molecule has 4 nitrogen and oxygen atoms in total. The Morgan fingerprint density at radius 1 is 1.21 bits per heavy atom. The molecule has 2 aromatic rings. The van der Waals surface area contributed by atoms with Crippen LogP contribution >= 0.6 is 0 Å². The Morgan fingerprint density at radius 3 is 2.74 bits per heavy atom. The zero-order valence-electron chi connectivity index (χ0n) is 10.3. The molecule has 1 aromatic carbocycles. The van der Waals surface area contributed by atoms with Crippen LogP contribution in [0.3, 0.4) is 0 Å². The highest BCUT2D eigenvalue weighted by Crippen LogP contribution is 2.30. The summed E-state index contributed by atoms with van der Waals surface area (Å²) < 4.78 is 18.0. The number of benzene rings is 1. The zero-order valence-corrected chi connectivity index (χ0v) is 10.3. The molecule has 1 aliphatic carbocycles. The molecule has 1 aromatic heterocycles. The van der Waals surface area contributed by atoms with Gasteiger partial charge in [0.05, 0.1) is 5.92 Å². The molecule has 1 atom stereocenters. The van der Waals surface area contributed by atoms with E-state index in [4.69, 9.17) is 4.52 Å². The van der Waals surface area contributed by atoms with Gasteiger partial charge in [-0.1, -0.05) is 11.6 Å². The minimum absolute atomic E-state index is 0.167. The maximum atomic E-state index is 12.8. The normalized spacial score (nSPS) is 19.6. The van der Waals surface area contributed by atoms with Crippen LogP contribution in [0.2, 0.25) is 0 Å². The van der Waals surface area contributed by atoms with Gasteiger partial charge >= 0.3 is 0 Å². The second-order valence-corrected chi connectivity index (χ2v) is 4.73. The highest BCUT2D eigenvalue weighted by Gasteiger charge is 2.29. The average molecular weight is 260 g/mol. The Hall–Kier alpha value is -2.04. The summed E-state index contributed by atoms with van der Waals surface area (Å²) in [6, 6.07) is 5.87. The summed E-state index contributed by atoms with van der Waals surface area (Å²) in [4.78, 5) is 16.1. The topological polar surface area (TPSA) is 56.0 Å². The molecular weight excluding hydrogens is 247 g/mol. The van der Waals surface area contributed by atoms with Gasteiger partial charge < -0.3 is 4.52 Å². The summed E-state index contributed by atoms with van der Waals surface area (Å²) in [6.07, 6.45) is 3.29. The molecule has 0 spiro atoms. The van der Waals surface area contributed by atoms with Gasteiger partial charge in [-0.3, -0.25) is 4.79 Å². The van der Waals surface area contributed by atoms with Crippen molar-refractivity contribution in [2.45, 2.75) is 31.6 Å². The first kappa shape index (κ1) is 12.0. The molecule has 1 heterocycles. The number of nitrogens with zero attached hydrogens (tertiary/aromatic N) is 2. The van der Waals surface area contributed by atoms with Crippen molar-refractivity contribution in [1.82, 2.24) is 10.1 Å². The molecule has 3 rings (SSSR count). The second kappa shape index (κ2) is 4.91. The van der Waals surface area contributed by atoms with Crippen LogP contribution in [-0.2, 0) is 4.79 Å². The molecular formula is C14H13FN2O2. The van der Waals surface area contributed by atoms with Crippen molar-refractivity contribution in [3.05, 3.63) is 36.0 Å². The maximum absolute atomic E-state index is 12.8. The van der Waals surface area contributed by atoms with Crippen LogP contribution in [0.4, 0.5) is 4.39 Å². The van der Waals surface area contributed by atoms with Crippen LogP contribution in [0, 0.1) is 5.82 Å². The Labute approximate surface area is 109 Å². The molecule has 1 saturated carbocycles. The molecule has 1 unspecified atom stereocenters. The molecule has 1 aliphatic rings. The van der Waals surface area contributed by atoms with E-state index >= 15 is 0 Å². The SMILES string of the molecule is O=C1CCCCC1c1nc(-c2ccc(F)cc2)no1. The van der Waals surface area contributed by atoms with Crippen LogP contribution < -0.4 is 0 Å². The fraction of sp³-hybridized carbons (Fsp3) is 0.357. The van der Waals surface area contributed by atoms with Crippen molar-refractivity contribution < 1.29 is 13.7 Å². The standard InChI is InChI=1S/C14H13FN2O2/c15-10-7-5-9(6-8-10)13-16-14(19-17-13)11-3-1-2-4-12(11)18/h5-8,11H,1-4H2. The number of rotatable bonds is 2. The highest BCUT2D eigenvalue weighted by molar-refractivity contribution is 5.85. The van der Waals surface area contributed by atoms with Gasteiger partial charge in [-0.15, -0.1) is 0 Å². The number of Topliss-reactive ketones (excluding diaryl/α,β-unsaturated/α-hetero) is 1. The lowest BCUT2D eigenvalue weighted by Crippen LogP contribution is -2.17. The second-order valence-electron chi connectivity index (χ2n) is 4.73. The lowest BCUT2D eigenvalue weighted by Gasteiger charge is -2.16. The summed E-state index contributed by atoms with van der Waals surface area (Å²) >= 11 is 0. The predicted octanol–water partition coefficient (Wildman–Crippen LogP) is 3.10. The van der Waals surface area contributed by atoms with E-state index in [2.05, 4.69) is 10.1 Å². The van der Waals surface area contributed by atoms with Crippen molar-refractivity contribution in [1.29, 1.82) is 0 Å². The molecule has 0 radical (unpaired) electrons. The van der Waals surface area contributed by atoms with Gasteiger partial charge in [-0.05, 0) is 37.1 Å². The molecule has 1 fully saturated rings. The van der Waals surface area contributed by atoms with Crippen molar-refractivity contribution in [3.63, 3.8) is 0 Å². The van der Waals surface area contributed by atoms with Gasteiger partial charge in [-0.25, -0.2) is 4.39 Å². The van der Waals surface area contributed by atoms with Crippen LogP contribution in [0.15, 0.2) is 28.8 Å². The van der Waals surface area contributed by atoms with E-state index in [9.17, 15) is 9.18 Å². The quantitative estimate of drug-likeness (QED) is 0.832. The van der Waals surface area contributed by atoms with E-state index < -0.39 is 0 Å². The number of aromatic nitrogens is 2. The number of carbonyl (C=O) groups excluding carboxylic acids is 1. The fourth-order valence-electron chi connectivity index (χ4n) is 2.34. The third kappa shape index (κ3) is 2.41. The summed E-state index contributed by atoms with van der Waals surface area (Å²) in [5.41, 5.74) is 0.680. The van der Waals surface area contributed by atoms with Gasteiger partial charge in [0.2, 0.25) is 11.7 Å². The Morgan fingerprint density at radius 2 is 2.00 bits per heavy atom.